The largest absolute Gasteiger partial charge is 0.457 e. The zero-order valence-electron chi connectivity index (χ0n) is 15.2. The van der Waals surface area contributed by atoms with E-state index in [0.717, 1.165) is 33.4 Å². The summed E-state index contributed by atoms with van der Waals surface area (Å²) in [5, 5.41) is 1.07. The van der Waals surface area contributed by atoms with E-state index in [0.29, 0.717) is 18.5 Å². The zero-order valence-corrected chi connectivity index (χ0v) is 17.3. The van der Waals surface area contributed by atoms with E-state index in [2.05, 4.69) is 6.07 Å². The van der Waals surface area contributed by atoms with Crippen molar-refractivity contribution in [3.05, 3.63) is 63.4 Å². The highest BCUT2D eigenvalue weighted by molar-refractivity contribution is 14.1. The average Bonchev–Trinajstić information content (AvgIpc) is 3.04. The minimum Gasteiger partial charge on any atom is -0.457 e. The zero-order chi connectivity index (χ0) is 19.1. The van der Waals surface area contributed by atoms with Crippen molar-refractivity contribution in [3.8, 4) is 11.4 Å². The van der Waals surface area contributed by atoms with Crippen LogP contribution in [-0.2, 0) is 16.1 Å². The lowest BCUT2D eigenvalue weighted by molar-refractivity contribution is -0.146. The molecule has 1 aliphatic rings. The summed E-state index contributed by atoms with van der Waals surface area (Å²) in [7, 11) is 0. The van der Waals surface area contributed by atoms with Gasteiger partial charge in [0.15, 0.2) is 0 Å². The lowest BCUT2D eigenvalue weighted by Gasteiger charge is -2.19. The second kappa shape index (κ2) is 7.07. The van der Waals surface area contributed by atoms with E-state index in [9.17, 15) is 9.59 Å². The third-order valence-electron chi connectivity index (χ3n) is 5.06. The first-order valence-electron chi connectivity index (χ1n) is 8.92. The molecule has 0 saturated carbocycles. The van der Waals surface area contributed by atoms with Gasteiger partial charge >= 0.3 is 5.97 Å². The fourth-order valence-electron chi connectivity index (χ4n) is 3.69. The molecular formula is C21H19IN2O3. The van der Waals surface area contributed by atoms with Crippen LogP contribution in [0.2, 0.25) is 0 Å². The van der Waals surface area contributed by atoms with Gasteiger partial charge in [-0.25, -0.2) is 4.98 Å². The molecule has 1 atom stereocenters. The third-order valence-corrected chi connectivity index (χ3v) is 5.68. The van der Waals surface area contributed by atoms with Gasteiger partial charge in [-0.15, -0.1) is 0 Å². The number of para-hydroxylation sites is 1. The Labute approximate surface area is 170 Å². The maximum atomic E-state index is 13.0. The fraction of sp³-hybridized carbons (Fsp3) is 0.286. The van der Waals surface area contributed by atoms with Crippen LogP contribution in [0.1, 0.15) is 36.1 Å². The van der Waals surface area contributed by atoms with Crippen LogP contribution in [0.25, 0.3) is 22.3 Å². The second-order valence-electron chi connectivity index (χ2n) is 6.71. The minimum absolute atomic E-state index is 0.0477. The number of alkyl halides is 1. The van der Waals surface area contributed by atoms with Crippen LogP contribution in [0.4, 0.5) is 0 Å². The normalized spacial score (nSPS) is 13.3. The molecule has 1 aromatic carbocycles. The van der Waals surface area contributed by atoms with Crippen molar-refractivity contribution < 1.29 is 9.53 Å². The Bertz CT molecular complexity index is 1120. The minimum atomic E-state index is -0.421. The van der Waals surface area contributed by atoms with E-state index in [1.54, 1.807) is 11.5 Å². The Morgan fingerprint density at radius 1 is 1.33 bits per heavy atom. The van der Waals surface area contributed by atoms with E-state index in [-0.39, 0.29) is 16.0 Å². The van der Waals surface area contributed by atoms with E-state index in [1.807, 2.05) is 59.8 Å². The molecule has 0 radical (unpaired) electrons. The first kappa shape index (κ1) is 18.2. The van der Waals surface area contributed by atoms with Crippen LogP contribution in [0.5, 0.6) is 0 Å². The van der Waals surface area contributed by atoms with Crippen LogP contribution < -0.4 is 5.56 Å². The number of esters is 1. The van der Waals surface area contributed by atoms with E-state index < -0.39 is 6.10 Å². The molecule has 0 fully saturated rings. The Kier molecular flexibility index (Phi) is 4.75. The third kappa shape index (κ3) is 3.05. The molecule has 0 aliphatic carbocycles. The molecule has 3 heterocycles. The van der Waals surface area contributed by atoms with Gasteiger partial charge in [-0.2, -0.15) is 0 Å². The van der Waals surface area contributed by atoms with Gasteiger partial charge in [-0.3, -0.25) is 9.59 Å². The molecule has 2 aromatic heterocycles. The molecule has 0 saturated heterocycles. The number of halogens is 1. The Morgan fingerprint density at radius 3 is 2.85 bits per heavy atom. The molecule has 6 heteroatoms. The standard InChI is InChI=1S/C21H19IN2O3/c1-3-18(27-19(25)10-22)15-9-17-20-14(11-24(17)21(26)12(15)2)8-13-6-4-5-7-16(13)23-20/h4-9,18H,3,10-11H2,1-2H3. The van der Waals surface area contributed by atoms with E-state index in [1.165, 1.54) is 0 Å². The molecule has 1 aliphatic heterocycles. The van der Waals surface area contributed by atoms with Crippen molar-refractivity contribution in [2.24, 2.45) is 0 Å². The van der Waals surface area contributed by atoms with Gasteiger partial charge in [0.25, 0.3) is 5.56 Å². The number of nitrogens with zero attached hydrogens (tertiary/aromatic N) is 2. The first-order valence-corrected chi connectivity index (χ1v) is 10.4. The van der Waals surface area contributed by atoms with Gasteiger partial charge in [0.05, 0.1) is 27.9 Å². The molecule has 0 amide bonds. The summed E-state index contributed by atoms with van der Waals surface area (Å²) < 4.78 is 7.63. The maximum absolute atomic E-state index is 13.0. The van der Waals surface area contributed by atoms with Gasteiger partial charge in [0.1, 0.15) is 6.10 Å². The van der Waals surface area contributed by atoms with Crippen molar-refractivity contribution in [2.45, 2.75) is 32.9 Å². The molecule has 0 bridgehead atoms. The molecule has 3 aromatic rings. The van der Waals surface area contributed by atoms with Crippen molar-refractivity contribution in [1.29, 1.82) is 0 Å². The second-order valence-corrected chi connectivity index (χ2v) is 7.47. The highest BCUT2D eigenvalue weighted by Gasteiger charge is 2.27. The number of aromatic nitrogens is 2. The van der Waals surface area contributed by atoms with Gasteiger partial charge < -0.3 is 9.30 Å². The summed E-state index contributed by atoms with van der Waals surface area (Å²) in [6.07, 6.45) is 0.194. The fourth-order valence-corrected chi connectivity index (χ4v) is 3.87. The molecule has 0 spiro atoms. The highest BCUT2D eigenvalue weighted by atomic mass is 127. The maximum Gasteiger partial charge on any atom is 0.316 e. The first-order chi connectivity index (χ1) is 13.0. The van der Waals surface area contributed by atoms with Crippen LogP contribution in [-0.4, -0.2) is 19.9 Å². The highest BCUT2D eigenvalue weighted by Crippen LogP contribution is 2.34. The molecule has 4 rings (SSSR count). The average molecular weight is 474 g/mol. The number of hydrogen-bond donors (Lipinski definition) is 0. The van der Waals surface area contributed by atoms with Crippen LogP contribution in [0.15, 0.2) is 41.2 Å². The summed E-state index contributed by atoms with van der Waals surface area (Å²) in [5.41, 5.74) is 4.93. The Hall–Kier alpha value is -2.22. The lowest BCUT2D eigenvalue weighted by Crippen LogP contribution is -2.25. The van der Waals surface area contributed by atoms with Gasteiger partial charge in [0.2, 0.25) is 0 Å². The summed E-state index contributed by atoms with van der Waals surface area (Å²) in [4.78, 5) is 29.6. The molecule has 5 nitrogen and oxygen atoms in total. The van der Waals surface area contributed by atoms with E-state index >= 15 is 0 Å². The summed E-state index contributed by atoms with van der Waals surface area (Å²) in [6, 6.07) is 12.0. The van der Waals surface area contributed by atoms with Gasteiger partial charge in [-0.1, -0.05) is 47.7 Å². The SMILES string of the molecule is CCC(OC(=O)CI)c1cc2n(c(=O)c1C)Cc1cc3ccccc3nc1-2. The predicted molar refractivity (Wildman–Crippen MR) is 113 cm³/mol. The van der Waals surface area contributed by atoms with E-state index in [4.69, 9.17) is 9.72 Å². The van der Waals surface area contributed by atoms with Crippen molar-refractivity contribution in [2.75, 3.05) is 4.43 Å². The van der Waals surface area contributed by atoms with Crippen LogP contribution in [0, 0.1) is 6.92 Å². The number of rotatable bonds is 4. The number of carbonyl (C=O) groups is 1. The monoisotopic (exact) mass is 474 g/mol. The number of ether oxygens (including phenoxy) is 1. The van der Waals surface area contributed by atoms with Crippen LogP contribution in [0.3, 0.4) is 0 Å². The molecule has 138 valence electrons. The summed E-state index contributed by atoms with van der Waals surface area (Å²) >= 11 is 1.99. The van der Waals surface area contributed by atoms with Gasteiger partial charge in [-0.05, 0) is 31.5 Å². The number of carbonyl (C=O) groups excluding carboxylic acids is 1. The number of fused-ring (bicyclic) bond motifs is 4. The number of benzene rings is 1. The number of hydrogen-bond acceptors (Lipinski definition) is 4. The molecule has 0 N–H and O–H groups in total. The summed E-state index contributed by atoms with van der Waals surface area (Å²) in [6.45, 7) is 4.28. The Morgan fingerprint density at radius 2 is 2.11 bits per heavy atom. The van der Waals surface area contributed by atoms with Gasteiger partial charge in [0, 0.05) is 22.1 Å². The molecule has 27 heavy (non-hydrogen) atoms. The lowest BCUT2D eigenvalue weighted by atomic mass is 10.0. The van der Waals surface area contributed by atoms with Crippen molar-refractivity contribution in [1.82, 2.24) is 9.55 Å². The summed E-state index contributed by atoms with van der Waals surface area (Å²) in [5.74, 6) is -0.271. The van der Waals surface area contributed by atoms with Crippen molar-refractivity contribution in [3.63, 3.8) is 0 Å². The van der Waals surface area contributed by atoms with Crippen molar-refractivity contribution >= 4 is 39.5 Å². The smallest absolute Gasteiger partial charge is 0.316 e. The number of pyridine rings is 2. The molecule has 1 unspecified atom stereocenters. The Balaban J connectivity index is 1.88. The topological polar surface area (TPSA) is 61.2 Å². The predicted octanol–water partition coefficient (Wildman–Crippen LogP) is 4.16. The quantitative estimate of drug-likeness (QED) is 0.253. The van der Waals surface area contributed by atoms with Crippen LogP contribution >= 0.6 is 22.6 Å². The molecular weight excluding hydrogens is 455 g/mol.